The highest BCUT2D eigenvalue weighted by Gasteiger charge is 2.08. The Hall–Kier alpha value is -1.80. The lowest BCUT2D eigenvalue weighted by molar-refractivity contribution is 0.306. The van der Waals surface area contributed by atoms with E-state index in [9.17, 15) is 0 Å². The van der Waals surface area contributed by atoms with Gasteiger partial charge in [-0.1, -0.05) is 42.0 Å². The Balaban J connectivity index is 1.86. The monoisotopic (exact) mass is 283 g/mol. The molecule has 0 aliphatic carbocycles. The van der Waals surface area contributed by atoms with E-state index in [0.717, 1.165) is 12.3 Å². The van der Waals surface area contributed by atoms with Crippen molar-refractivity contribution in [1.82, 2.24) is 5.32 Å². The summed E-state index contributed by atoms with van der Waals surface area (Å²) in [5.74, 6) is 0.912. The molecule has 2 aromatic carbocycles. The van der Waals surface area contributed by atoms with Gasteiger partial charge in [-0.05, 0) is 51.0 Å². The zero-order valence-electron chi connectivity index (χ0n) is 13.4. The van der Waals surface area contributed by atoms with Crippen LogP contribution in [0.3, 0.4) is 0 Å². The van der Waals surface area contributed by atoms with Gasteiger partial charge < -0.3 is 10.1 Å². The van der Waals surface area contributed by atoms with E-state index in [1.165, 1.54) is 16.7 Å². The summed E-state index contributed by atoms with van der Waals surface area (Å²) < 4.78 is 5.81. The van der Waals surface area contributed by atoms with Crippen molar-refractivity contribution in [3.05, 3.63) is 65.2 Å². The molecule has 112 valence electrons. The minimum Gasteiger partial charge on any atom is -0.489 e. The van der Waals surface area contributed by atoms with Crippen LogP contribution in [0, 0.1) is 6.92 Å². The van der Waals surface area contributed by atoms with Crippen LogP contribution in [0.5, 0.6) is 5.75 Å². The molecule has 0 aromatic heterocycles. The van der Waals surface area contributed by atoms with Gasteiger partial charge in [0.2, 0.25) is 0 Å². The number of hydrogen-bond acceptors (Lipinski definition) is 2. The van der Waals surface area contributed by atoms with Gasteiger partial charge in [0.05, 0.1) is 0 Å². The quantitative estimate of drug-likeness (QED) is 0.874. The number of aryl methyl sites for hydroxylation is 1. The van der Waals surface area contributed by atoms with E-state index >= 15 is 0 Å². The standard InChI is InChI=1S/C19H25NO/c1-15-5-7-17(8-6-15)14-21-18-11-9-16(10-12-18)13-20-19(2,3)4/h5-12,20H,13-14H2,1-4H3. The molecule has 1 N–H and O–H groups in total. The SMILES string of the molecule is Cc1ccc(COc2ccc(CNC(C)(C)C)cc2)cc1. The van der Waals surface area contributed by atoms with Crippen molar-refractivity contribution >= 4 is 0 Å². The second-order valence-corrected chi connectivity index (χ2v) is 6.52. The van der Waals surface area contributed by atoms with E-state index in [0.29, 0.717) is 6.61 Å². The summed E-state index contributed by atoms with van der Waals surface area (Å²) in [6.45, 7) is 10.1. The zero-order chi connectivity index (χ0) is 15.3. The lowest BCUT2D eigenvalue weighted by atomic mass is 10.1. The third-order valence-corrected chi connectivity index (χ3v) is 3.27. The van der Waals surface area contributed by atoms with Crippen LogP contribution in [-0.2, 0) is 13.2 Å². The van der Waals surface area contributed by atoms with Crippen molar-refractivity contribution in [3.63, 3.8) is 0 Å². The van der Waals surface area contributed by atoms with Gasteiger partial charge in [-0.3, -0.25) is 0 Å². The van der Waals surface area contributed by atoms with Crippen molar-refractivity contribution in [2.75, 3.05) is 0 Å². The molecule has 2 heteroatoms. The highest BCUT2D eigenvalue weighted by molar-refractivity contribution is 5.28. The van der Waals surface area contributed by atoms with Crippen LogP contribution in [0.4, 0.5) is 0 Å². The average molecular weight is 283 g/mol. The molecule has 0 saturated heterocycles. The maximum absolute atomic E-state index is 5.81. The molecule has 0 spiro atoms. The van der Waals surface area contributed by atoms with Gasteiger partial charge in [0.25, 0.3) is 0 Å². The fourth-order valence-corrected chi connectivity index (χ4v) is 1.92. The molecule has 2 rings (SSSR count). The first-order valence-electron chi connectivity index (χ1n) is 7.45. The smallest absolute Gasteiger partial charge is 0.119 e. The highest BCUT2D eigenvalue weighted by atomic mass is 16.5. The third-order valence-electron chi connectivity index (χ3n) is 3.27. The number of rotatable bonds is 5. The summed E-state index contributed by atoms with van der Waals surface area (Å²) in [4.78, 5) is 0. The number of ether oxygens (including phenoxy) is 1. The van der Waals surface area contributed by atoms with Gasteiger partial charge in [0.1, 0.15) is 12.4 Å². The van der Waals surface area contributed by atoms with Crippen molar-refractivity contribution in [2.24, 2.45) is 0 Å². The Morgan fingerprint density at radius 3 is 2.00 bits per heavy atom. The lowest BCUT2D eigenvalue weighted by Crippen LogP contribution is -2.34. The van der Waals surface area contributed by atoms with Crippen molar-refractivity contribution in [3.8, 4) is 5.75 Å². The van der Waals surface area contributed by atoms with Gasteiger partial charge in [-0.2, -0.15) is 0 Å². The first-order chi connectivity index (χ1) is 9.92. The van der Waals surface area contributed by atoms with Crippen molar-refractivity contribution < 1.29 is 4.74 Å². The average Bonchev–Trinajstić information content (AvgIpc) is 2.45. The van der Waals surface area contributed by atoms with Gasteiger partial charge in [0.15, 0.2) is 0 Å². The van der Waals surface area contributed by atoms with Crippen LogP contribution in [0.25, 0.3) is 0 Å². The summed E-state index contributed by atoms with van der Waals surface area (Å²) in [7, 11) is 0. The Bertz CT molecular complexity index is 550. The first kappa shape index (κ1) is 15.6. The minimum atomic E-state index is 0.139. The van der Waals surface area contributed by atoms with Crippen LogP contribution < -0.4 is 10.1 Å². The highest BCUT2D eigenvalue weighted by Crippen LogP contribution is 2.15. The predicted octanol–water partition coefficient (Wildman–Crippen LogP) is 4.46. The zero-order valence-corrected chi connectivity index (χ0v) is 13.4. The van der Waals surface area contributed by atoms with Crippen LogP contribution >= 0.6 is 0 Å². The first-order valence-corrected chi connectivity index (χ1v) is 7.45. The molecule has 0 amide bonds. The van der Waals surface area contributed by atoms with E-state index in [-0.39, 0.29) is 5.54 Å². The van der Waals surface area contributed by atoms with Crippen LogP contribution in [0.15, 0.2) is 48.5 Å². The van der Waals surface area contributed by atoms with Crippen molar-refractivity contribution in [2.45, 2.75) is 46.4 Å². The second kappa shape index (κ2) is 6.77. The van der Waals surface area contributed by atoms with E-state index in [1.54, 1.807) is 0 Å². The second-order valence-electron chi connectivity index (χ2n) is 6.52. The molecule has 0 bridgehead atoms. The molecule has 0 radical (unpaired) electrons. The molecule has 0 aliphatic heterocycles. The number of benzene rings is 2. The third kappa shape index (κ3) is 5.60. The molecule has 21 heavy (non-hydrogen) atoms. The normalized spacial score (nSPS) is 11.4. The molecular weight excluding hydrogens is 258 g/mol. The molecule has 2 nitrogen and oxygen atoms in total. The molecule has 0 aliphatic rings. The molecule has 0 fully saturated rings. The van der Waals surface area contributed by atoms with E-state index in [1.807, 2.05) is 12.1 Å². The molecule has 0 atom stereocenters. The molecule has 0 unspecified atom stereocenters. The minimum absolute atomic E-state index is 0.139. The Labute approximate surface area is 128 Å². The fraction of sp³-hybridized carbons (Fsp3) is 0.368. The summed E-state index contributed by atoms with van der Waals surface area (Å²) in [5, 5.41) is 3.48. The van der Waals surface area contributed by atoms with Gasteiger partial charge in [-0.25, -0.2) is 0 Å². The lowest BCUT2D eigenvalue weighted by Gasteiger charge is -2.20. The summed E-state index contributed by atoms with van der Waals surface area (Å²) >= 11 is 0. The van der Waals surface area contributed by atoms with E-state index in [4.69, 9.17) is 4.74 Å². The largest absolute Gasteiger partial charge is 0.489 e. The van der Waals surface area contributed by atoms with E-state index in [2.05, 4.69) is 69.4 Å². The van der Waals surface area contributed by atoms with Gasteiger partial charge in [-0.15, -0.1) is 0 Å². The van der Waals surface area contributed by atoms with Gasteiger partial charge >= 0.3 is 0 Å². The summed E-state index contributed by atoms with van der Waals surface area (Å²) in [5.41, 5.74) is 3.88. The Kier molecular flexibility index (Phi) is 5.03. The maximum atomic E-state index is 5.81. The van der Waals surface area contributed by atoms with Crippen molar-refractivity contribution in [1.29, 1.82) is 0 Å². The Morgan fingerprint density at radius 2 is 1.43 bits per heavy atom. The molecule has 2 aromatic rings. The summed E-state index contributed by atoms with van der Waals surface area (Å²) in [6.07, 6.45) is 0. The van der Waals surface area contributed by atoms with Crippen LogP contribution in [0.1, 0.15) is 37.5 Å². The molecule has 0 saturated carbocycles. The topological polar surface area (TPSA) is 21.3 Å². The predicted molar refractivity (Wildman–Crippen MR) is 88.5 cm³/mol. The number of hydrogen-bond donors (Lipinski definition) is 1. The molecular formula is C19H25NO. The summed E-state index contributed by atoms with van der Waals surface area (Å²) in [6, 6.07) is 16.7. The van der Waals surface area contributed by atoms with Gasteiger partial charge in [0, 0.05) is 12.1 Å². The van der Waals surface area contributed by atoms with E-state index < -0.39 is 0 Å². The number of nitrogens with one attached hydrogen (secondary N) is 1. The Morgan fingerprint density at radius 1 is 0.857 bits per heavy atom. The maximum Gasteiger partial charge on any atom is 0.119 e. The van der Waals surface area contributed by atoms with Crippen LogP contribution in [-0.4, -0.2) is 5.54 Å². The fourth-order valence-electron chi connectivity index (χ4n) is 1.92. The van der Waals surface area contributed by atoms with Crippen LogP contribution in [0.2, 0.25) is 0 Å². The molecule has 0 heterocycles.